The molecule has 0 aliphatic carbocycles. The van der Waals surface area contributed by atoms with Gasteiger partial charge in [0.15, 0.2) is 6.29 Å². The summed E-state index contributed by atoms with van der Waals surface area (Å²) in [5.41, 5.74) is 0.641. The molecule has 4 N–H and O–H groups in total. The van der Waals surface area contributed by atoms with E-state index in [2.05, 4.69) is 0 Å². The first-order valence-corrected chi connectivity index (χ1v) is 8.26. The average molecular weight is 364 g/mol. The van der Waals surface area contributed by atoms with E-state index in [1.807, 2.05) is 0 Å². The molecule has 0 aromatic heterocycles. The number of rotatable bonds is 7. The monoisotopic (exact) mass is 364 g/mol. The minimum absolute atomic E-state index is 0.0104. The highest BCUT2D eigenvalue weighted by Gasteiger charge is 2.40. The van der Waals surface area contributed by atoms with Crippen LogP contribution in [0, 0.1) is 5.92 Å². The normalized spacial score (nSPS) is 41.0. The molecule has 0 radical (unpaired) electrons. The van der Waals surface area contributed by atoms with Crippen molar-refractivity contribution in [3.05, 3.63) is 11.8 Å². The SMILES string of the molecule is CO/C=C1/C[C@H](O)[C@@H](OCC2OCC(O)C(O)[C@@H]2COC)OC1CO. The standard InChI is InChI=1S/C16H28O9/c1-21-5-9-3-11(18)16(25-13(9)4-17)24-8-14-10(6-22-2)15(20)12(19)7-23-14/h5,10-20H,3-4,6-8H2,1-2H3/b9-5-/t10-,11+,12?,13?,14?,15?,16+/m1/s1. The van der Waals surface area contributed by atoms with Crippen LogP contribution in [0.4, 0.5) is 0 Å². The molecule has 4 unspecified atom stereocenters. The fraction of sp³-hybridized carbons (Fsp3) is 0.875. The molecule has 2 saturated heterocycles. The van der Waals surface area contributed by atoms with Crippen molar-refractivity contribution in [3.8, 4) is 0 Å². The van der Waals surface area contributed by atoms with Crippen LogP contribution in [0.25, 0.3) is 0 Å². The zero-order valence-electron chi connectivity index (χ0n) is 14.5. The van der Waals surface area contributed by atoms with Gasteiger partial charge < -0.3 is 44.1 Å². The third kappa shape index (κ3) is 5.11. The van der Waals surface area contributed by atoms with E-state index in [4.69, 9.17) is 23.7 Å². The van der Waals surface area contributed by atoms with Gasteiger partial charge in [-0.2, -0.15) is 0 Å². The predicted octanol–water partition coefficient (Wildman–Crippen LogP) is -1.62. The number of aliphatic hydroxyl groups is 4. The van der Waals surface area contributed by atoms with E-state index in [0.717, 1.165) is 0 Å². The summed E-state index contributed by atoms with van der Waals surface area (Å²) < 4.78 is 26.7. The lowest BCUT2D eigenvalue weighted by molar-refractivity contribution is -0.254. The molecule has 0 bridgehead atoms. The molecule has 25 heavy (non-hydrogen) atoms. The third-order valence-electron chi connectivity index (χ3n) is 4.48. The van der Waals surface area contributed by atoms with E-state index in [1.54, 1.807) is 0 Å². The molecular formula is C16H28O9. The van der Waals surface area contributed by atoms with E-state index in [-0.39, 0.29) is 32.8 Å². The molecule has 9 heteroatoms. The van der Waals surface area contributed by atoms with Gasteiger partial charge in [-0.1, -0.05) is 0 Å². The van der Waals surface area contributed by atoms with Gasteiger partial charge in [0.1, 0.15) is 18.3 Å². The molecule has 0 aromatic rings. The van der Waals surface area contributed by atoms with Crippen LogP contribution in [0.2, 0.25) is 0 Å². The van der Waals surface area contributed by atoms with Crippen molar-refractivity contribution in [2.45, 2.75) is 43.2 Å². The Kier molecular flexibility index (Phi) is 8.04. The van der Waals surface area contributed by atoms with Crippen LogP contribution in [-0.4, -0.2) is 97.9 Å². The molecule has 0 amide bonds. The van der Waals surface area contributed by atoms with Crippen molar-refractivity contribution in [1.82, 2.24) is 0 Å². The number of hydrogen-bond donors (Lipinski definition) is 4. The largest absolute Gasteiger partial charge is 0.504 e. The highest BCUT2D eigenvalue weighted by Crippen LogP contribution is 2.28. The maximum Gasteiger partial charge on any atom is 0.184 e. The number of methoxy groups -OCH3 is 2. The van der Waals surface area contributed by atoms with Crippen LogP contribution in [0.3, 0.4) is 0 Å². The van der Waals surface area contributed by atoms with Crippen LogP contribution in [0.15, 0.2) is 11.8 Å². The first kappa shape index (κ1) is 20.5. The smallest absolute Gasteiger partial charge is 0.184 e. The Hall–Kier alpha value is -0.780. The molecule has 2 fully saturated rings. The van der Waals surface area contributed by atoms with Gasteiger partial charge in [0.2, 0.25) is 0 Å². The molecule has 0 aromatic carbocycles. The average Bonchev–Trinajstić information content (AvgIpc) is 2.60. The van der Waals surface area contributed by atoms with Crippen molar-refractivity contribution in [3.63, 3.8) is 0 Å². The lowest BCUT2D eigenvalue weighted by Gasteiger charge is -2.40. The lowest BCUT2D eigenvalue weighted by Crippen LogP contribution is -2.53. The van der Waals surface area contributed by atoms with Gasteiger partial charge >= 0.3 is 0 Å². The molecule has 2 aliphatic heterocycles. The topological polar surface area (TPSA) is 127 Å². The minimum Gasteiger partial charge on any atom is -0.504 e. The van der Waals surface area contributed by atoms with Crippen LogP contribution in [0.1, 0.15) is 6.42 Å². The van der Waals surface area contributed by atoms with E-state index in [1.165, 1.54) is 20.5 Å². The zero-order chi connectivity index (χ0) is 18.4. The summed E-state index contributed by atoms with van der Waals surface area (Å²) in [7, 11) is 2.97. The number of aliphatic hydroxyl groups excluding tert-OH is 4. The van der Waals surface area contributed by atoms with Crippen LogP contribution < -0.4 is 0 Å². The number of ether oxygens (including phenoxy) is 5. The third-order valence-corrected chi connectivity index (χ3v) is 4.48. The molecule has 2 aliphatic rings. The molecule has 146 valence electrons. The molecule has 0 saturated carbocycles. The first-order valence-electron chi connectivity index (χ1n) is 8.26. The first-order chi connectivity index (χ1) is 12.0. The highest BCUT2D eigenvalue weighted by atomic mass is 16.7. The van der Waals surface area contributed by atoms with Gasteiger partial charge in [0.25, 0.3) is 0 Å². The Morgan fingerprint density at radius 1 is 1.16 bits per heavy atom. The Bertz CT molecular complexity index is 430. The van der Waals surface area contributed by atoms with E-state index in [9.17, 15) is 20.4 Å². The predicted molar refractivity (Wildman–Crippen MR) is 84.5 cm³/mol. The molecule has 2 heterocycles. The molecule has 7 atom stereocenters. The van der Waals surface area contributed by atoms with Gasteiger partial charge in [0.05, 0.1) is 52.0 Å². The summed E-state index contributed by atoms with van der Waals surface area (Å²) in [5, 5.41) is 39.4. The second-order valence-corrected chi connectivity index (χ2v) is 6.26. The van der Waals surface area contributed by atoms with Gasteiger partial charge in [-0.3, -0.25) is 0 Å². The van der Waals surface area contributed by atoms with Crippen LogP contribution >= 0.6 is 0 Å². The molecule has 0 spiro atoms. The fourth-order valence-corrected chi connectivity index (χ4v) is 3.10. The van der Waals surface area contributed by atoms with Crippen LogP contribution in [0.5, 0.6) is 0 Å². The number of hydrogen-bond acceptors (Lipinski definition) is 9. The van der Waals surface area contributed by atoms with E-state index >= 15 is 0 Å². The van der Waals surface area contributed by atoms with Gasteiger partial charge in [0, 0.05) is 19.4 Å². The summed E-state index contributed by atoms with van der Waals surface area (Å²) in [6.45, 7) is -0.0380. The molecule has 9 nitrogen and oxygen atoms in total. The van der Waals surface area contributed by atoms with Crippen LogP contribution in [-0.2, 0) is 23.7 Å². The fourth-order valence-electron chi connectivity index (χ4n) is 3.10. The van der Waals surface area contributed by atoms with Crippen molar-refractivity contribution in [1.29, 1.82) is 0 Å². The second kappa shape index (κ2) is 9.79. The van der Waals surface area contributed by atoms with Crippen molar-refractivity contribution in [2.75, 3.05) is 40.6 Å². The highest BCUT2D eigenvalue weighted by molar-refractivity contribution is 5.10. The summed E-state index contributed by atoms with van der Waals surface area (Å²) in [6.07, 6.45) is -3.28. The maximum atomic E-state index is 10.2. The Morgan fingerprint density at radius 2 is 1.92 bits per heavy atom. The molecule has 2 rings (SSSR count). The summed E-state index contributed by atoms with van der Waals surface area (Å²) in [5.74, 6) is -0.466. The van der Waals surface area contributed by atoms with Crippen molar-refractivity contribution < 1.29 is 44.1 Å². The quantitative estimate of drug-likeness (QED) is 0.394. The Labute approximate surface area is 146 Å². The zero-order valence-corrected chi connectivity index (χ0v) is 14.5. The summed E-state index contributed by atoms with van der Waals surface area (Å²) >= 11 is 0. The summed E-state index contributed by atoms with van der Waals surface area (Å²) in [6, 6.07) is 0. The van der Waals surface area contributed by atoms with Gasteiger partial charge in [-0.25, -0.2) is 0 Å². The van der Waals surface area contributed by atoms with Crippen molar-refractivity contribution in [2.24, 2.45) is 5.92 Å². The van der Waals surface area contributed by atoms with Gasteiger partial charge in [-0.15, -0.1) is 0 Å². The molecular weight excluding hydrogens is 336 g/mol. The Morgan fingerprint density at radius 3 is 2.56 bits per heavy atom. The lowest BCUT2D eigenvalue weighted by atomic mass is 9.90. The summed E-state index contributed by atoms with van der Waals surface area (Å²) in [4.78, 5) is 0. The van der Waals surface area contributed by atoms with Crippen molar-refractivity contribution >= 4 is 0 Å². The van der Waals surface area contributed by atoms with E-state index < -0.39 is 42.7 Å². The van der Waals surface area contributed by atoms with E-state index in [0.29, 0.717) is 5.57 Å². The Balaban J connectivity index is 1.94. The minimum atomic E-state index is -0.985. The maximum absolute atomic E-state index is 10.2. The van der Waals surface area contributed by atoms with Gasteiger partial charge in [-0.05, 0) is 5.57 Å². The second-order valence-electron chi connectivity index (χ2n) is 6.26.